The van der Waals surface area contributed by atoms with Crippen molar-refractivity contribution in [3.05, 3.63) is 35.9 Å². The molecule has 0 saturated heterocycles. The zero-order chi connectivity index (χ0) is 11.1. The Balaban J connectivity index is 2.22. The average Bonchev–Trinajstić information content (AvgIpc) is 2.29. The first-order valence-electron chi connectivity index (χ1n) is 4.78. The predicted octanol–water partition coefficient (Wildman–Crippen LogP) is 1.16. The molecule has 1 aromatic carbocycles. The summed E-state index contributed by atoms with van der Waals surface area (Å²) in [7, 11) is 0. The van der Waals surface area contributed by atoms with Gasteiger partial charge in [0.05, 0.1) is 31.3 Å². The Hall–Kier alpha value is -0.610. The standard InChI is InChI=1S/C11H15ClO3/c12-10(6-13)11(14)8-15-7-9-4-2-1-3-5-9/h1-5,10-11,13-14H,6-8H2/t10-,11+/m0/s1. The Labute approximate surface area is 94.3 Å². The fourth-order valence-corrected chi connectivity index (χ4v) is 1.17. The van der Waals surface area contributed by atoms with Crippen LogP contribution in [0.4, 0.5) is 0 Å². The summed E-state index contributed by atoms with van der Waals surface area (Å²) >= 11 is 5.62. The number of ether oxygens (including phenoxy) is 1. The second kappa shape index (κ2) is 6.80. The van der Waals surface area contributed by atoms with Gasteiger partial charge in [0.25, 0.3) is 0 Å². The number of halogens is 1. The molecule has 0 aliphatic heterocycles. The Bertz CT molecular complexity index is 266. The van der Waals surface area contributed by atoms with E-state index in [9.17, 15) is 5.11 Å². The van der Waals surface area contributed by atoms with Gasteiger partial charge in [0.15, 0.2) is 0 Å². The number of hydrogen-bond donors (Lipinski definition) is 2. The zero-order valence-electron chi connectivity index (χ0n) is 8.34. The van der Waals surface area contributed by atoms with Crippen LogP contribution >= 0.6 is 11.6 Å². The maximum atomic E-state index is 9.38. The zero-order valence-corrected chi connectivity index (χ0v) is 9.10. The number of benzene rings is 1. The number of hydrogen-bond acceptors (Lipinski definition) is 3. The largest absolute Gasteiger partial charge is 0.395 e. The summed E-state index contributed by atoms with van der Waals surface area (Å²) in [6.45, 7) is 0.313. The predicted molar refractivity (Wildman–Crippen MR) is 58.8 cm³/mol. The van der Waals surface area contributed by atoms with Crippen LogP contribution in [0.25, 0.3) is 0 Å². The summed E-state index contributed by atoms with van der Waals surface area (Å²) in [5.74, 6) is 0. The van der Waals surface area contributed by atoms with Crippen molar-refractivity contribution in [3.63, 3.8) is 0 Å². The second-order valence-electron chi connectivity index (χ2n) is 3.27. The van der Waals surface area contributed by atoms with E-state index in [1.54, 1.807) is 0 Å². The Kier molecular flexibility index (Phi) is 5.65. The molecule has 2 N–H and O–H groups in total. The van der Waals surface area contributed by atoms with E-state index in [1.165, 1.54) is 0 Å². The van der Waals surface area contributed by atoms with Crippen molar-refractivity contribution in [3.8, 4) is 0 Å². The maximum absolute atomic E-state index is 9.38. The van der Waals surface area contributed by atoms with Crippen molar-refractivity contribution >= 4 is 11.6 Å². The third-order valence-corrected chi connectivity index (χ3v) is 2.42. The van der Waals surface area contributed by atoms with Crippen molar-refractivity contribution in [1.82, 2.24) is 0 Å². The Morgan fingerprint density at radius 2 is 1.93 bits per heavy atom. The summed E-state index contributed by atoms with van der Waals surface area (Å²) < 4.78 is 5.26. The first-order chi connectivity index (χ1) is 7.24. The molecule has 0 saturated carbocycles. The maximum Gasteiger partial charge on any atom is 0.0959 e. The van der Waals surface area contributed by atoms with E-state index < -0.39 is 11.5 Å². The lowest BCUT2D eigenvalue weighted by Gasteiger charge is -2.14. The monoisotopic (exact) mass is 230 g/mol. The SMILES string of the molecule is OC[C@H](Cl)[C@H](O)COCc1ccccc1. The highest BCUT2D eigenvalue weighted by molar-refractivity contribution is 6.21. The topological polar surface area (TPSA) is 49.7 Å². The van der Waals surface area contributed by atoms with Gasteiger partial charge in [-0.05, 0) is 5.56 Å². The molecule has 0 aliphatic rings. The van der Waals surface area contributed by atoms with Crippen molar-refractivity contribution in [2.45, 2.75) is 18.1 Å². The molecule has 0 bridgehead atoms. The molecule has 2 atom stereocenters. The molecule has 0 unspecified atom stereocenters. The minimum Gasteiger partial charge on any atom is -0.395 e. The number of alkyl halides is 1. The molecule has 0 amide bonds. The van der Waals surface area contributed by atoms with E-state index in [-0.39, 0.29) is 13.2 Å². The fraction of sp³-hybridized carbons (Fsp3) is 0.455. The quantitative estimate of drug-likeness (QED) is 0.722. The highest BCUT2D eigenvalue weighted by Crippen LogP contribution is 2.05. The third kappa shape index (κ3) is 4.62. The van der Waals surface area contributed by atoms with E-state index in [2.05, 4.69) is 0 Å². The Morgan fingerprint density at radius 1 is 1.27 bits per heavy atom. The second-order valence-corrected chi connectivity index (χ2v) is 3.83. The fourth-order valence-electron chi connectivity index (χ4n) is 1.10. The molecule has 84 valence electrons. The van der Waals surface area contributed by atoms with Crippen LogP contribution in [0, 0.1) is 0 Å². The van der Waals surface area contributed by atoms with Crippen molar-refractivity contribution in [2.24, 2.45) is 0 Å². The van der Waals surface area contributed by atoms with E-state index in [4.69, 9.17) is 21.4 Å². The van der Waals surface area contributed by atoms with Gasteiger partial charge < -0.3 is 14.9 Å². The lowest BCUT2D eigenvalue weighted by atomic mass is 10.2. The molecule has 0 aliphatic carbocycles. The molecule has 0 heterocycles. The van der Waals surface area contributed by atoms with Crippen LogP contribution in [-0.2, 0) is 11.3 Å². The van der Waals surface area contributed by atoms with Crippen molar-refractivity contribution < 1.29 is 14.9 Å². The summed E-state index contributed by atoms with van der Waals surface area (Å²) in [4.78, 5) is 0. The Morgan fingerprint density at radius 3 is 2.53 bits per heavy atom. The van der Waals surface area contributed by atoms with E-state index >= 15 is 0 Å². The van der Waals surface area contributed by atoms with Crippen LogP contribution in [-0.4, -0.2) is 34.9 Å². The minimum atomic E-state index is -0.833. The molecule has 1 aromatic rings. The van der Waals surface area contributed by atoms with Gasteiger partial charge in [-0.2, -0.15) is 0 Å². The van der Waals surface area contributed by atoms with Crippen molar-refractivity contribution in [1.29, 1.82) is 0 Å². The van der Waals surface area contributed by atoms with Gasteiger partial charge in [-0.25, -0.2) is 0 Å². The molecule has 1 rings (SSSR count). The highest BCUT2D eigenvalue weighted by atomic mass is 35.5. The van der Waals surface area contributed by atoms with Gasteiger partial charge >= 0.3 is 0 Å². The lowest BCUT2D eigenvalue weighted by molar-refractivity contribution is 0.0192. The first kappa shape index (κ1) is 12.5. The van der Waals surface area contributed by atoms with Gasteiger partial charge in [-0.15, -0.1) is 11.6 Å². The summed E-state index contributed by atoms with van der Waals surface area (Å²) in [5.41, 5.74) is 1.04. The number of rotatable bonds is 6. The number of aliphatic hydroxyl groups is 2. The van der Waals surface area contributed by atoms with E-state index in [0.29, 0.717) is 6.61 Å². The van der Waals surface area contributed by atoms with Gasteiger partial charge in [0.2, 0.25) is 0 Å². The first-order valence-corrected chi connectivity index (χ1v) is 5.22. The van der Waals surface area contributed by atoms with Gasteiger partial charge in [0, 0.05) is 0 Å². The van der Waals surface area contributed by atoms with Crippen molar-refractivity contribution in [2.75, 3.05) is 13.2 Å². The van der Waals surface area contributed by atoms with Crippen LogP contribution in [0.5, 0.6) is 0 Å². The van der Waals surface area contributed by atoms with Crippen LogP contribution in [0.2, 0.25) is 0 Å². The smallest absolute Gasteiger partial charge is 0.0959 e. The number of aliphatic hydroxyl groups excluding tert-OH is 2. The molecule has 3 nitrogen and oxygen atoms in total. The third-order valence-electron chi connectivity index (χ3n) is 1.99. The van der Waals surface area contributed by atoms with Crippen LogP contribution in [0.3, 0.4) is 0 Å². The molecule has 0 fully saturated rings. The van der Waals surface area contributed by atoms with Crippen LogP contribution in [0.15, 0.2) is 30.3 Å². The molecule has 0 spiro atoms. The van der Waals surface area contributed by atoms with Gasteiger partial charge in [-0.3, -0.25) is 0 Å². The van der Waals surface area contributed by atoms with E-state index in [1.807, 2.05) is 30.3 Å². The minimum absolute atomic E-state index is 0.129. The van der Waals surface area contributed by atoms with Crippen LogP contribution in [0.1, 0.15) is 5.56 Å². The normalized spacial score (nSPS) is 14.9. The summed E-state index contributed by atoms with van der Waals surface area (Å²) in [5, 5.41) is 17.4. The molecular weight excluding hydrogens is 216 g/mol. The van der Waals surface area contributed by atoms with E-state index in [0.717, 1.165) is 5.56 Å². The summed E-state index contributed by atoms with van der Waals surface area (Å²) in [6, 6.07) is 9.66. The molecule has 4 heteroatoms. The van der Waals surface area contributed by atoms with Gasteiger partial charge in [0.1, 0.15) is 0 Å². The van der Waals surface area contributed by atoms with Gasteiger partial charge in [-0.1, -0.05) is 30.3 Å². The molecular formula is C11H15ClO3. The van der Waals surface area contributed by atoms with Crippen LogP contribution < -0.4 is 0 Å². The average molecular weight is 231 g/mol. The molecule has 0 radical (unpaired) electrons. The lowest BCUT2D eigenvalue weighted by Crippen LogP contribution is -2.29. The molecule has 0 aromatic heterocycles. The molecule has 15 heavy (non-hydrogen) atoms. The summed E-state index contributed by atoms with van der Waals surface area (Å²) in [6.07, 6.45) is -0.833. The highest BCUT2D eigenvalue weighted by Gasteiger charge is 2.15.